The Kier molecular flexibility index (Phi) is 4.97. The second kappa shape index (κ2) is 6.03. The number of hydrogen-bond acceptors (Lipinski definition) is 2. The average molecular weight is 241 g/mol. The molecule has 0 aromatic carbocycles. The quantitative estimate of drug-likeness (QED) is 0.716. The molecule has 1 aliphatic rings. The van der Waals surface area contributed by atoms with Gasteiger partial charge in [0.15, 0.2) is 0 Å². The minimum absolute atomic E-state index is 0.0885. The van der Waals surface area contributed by atoms with E-state index in [9.17, 15) is 9.59 Å². The van der Waals surface area contributed by atoms with Gasteiger partial charge in [-0.3, -0.25) is 9.59 Å². The molecule has 4 heteroatoms. The fourth-order valence-electron chi connectivity index (χ4n) is 2.01. The summed E-state index contributed by atoms with van der Waals surface area (Å²) in [5.41, 5.74) is 0. The molecule has 1 aliphatic carbocycles. The van der Waals surface area contributed by atoms with Crippen molar-refractivity contribution in [1.29, 1.82) is 0 Å². The molecule has 17 heavy (non-hydrogen) atoms. The number of carbonyl (C=O) groups excluding carboxylic acids is 1. The van der Waals surface area contributed by atoms with Crippen LogP contribution in [-0.2, 0) is 9.59 Å². The van der Waals surface area contributed by atoms with Crippen LogP contribution in [0.2, 0.25) is 0 Å². The van der Waals surface area contributed by atoms with E-state index in [1.165, 1.54) is 6.42 Å². The van der Waals surface area contributed by atoms with Crippen molar-refractivity contribution in [3.63, 3.8) is 0 Å². The third kappa shape index (κ3) is 4.75. The summed E-state index contributed by atoms with van der Waals surface area (Å²) in [5, 5.41) is 11.6. The van der Waals surface area contributed by atoms with Crippen molar-refractivity contribution < 1.29 is 14.7 Å². The normalized spacial score (nSPS) is 24.5. The molecule has 0 aliphatic heterocycles. The largest absolute Gasteiger partial charge is 0.481 e. The van der Waals surface area contributed by atoms with Gasteiger partial charge >= 0.3 is 5.97 Å². The Balaban J connectivity index is 2.16. The number of aliphatic carboxylic acids is 1. The van der Waals surface area contributed by atoms with E-state index in [2.05, 4.69) is 19.2 Å². The maximum Gasteiger partial charge on any atom is 0.307 e. The second-order valence-corrected chi connectivity index (χ2v) is 5.52. The molecule has 1 amide bonds. The van der Waals surface area contributed by atoms with Crippen molar-refractivity contribution in [2.45, 2.75) is 52.5 Å². The molecule has 0 radical (unpaired) electrons. The first-order chi connectivity index (χ1) is 7.91. The number of carboxylic acid groups (broad SMARTS) is 1. The molecule has 3 atom stereocenters. The van der Waals surface area contributed by atoms with Crippen LogP contribution in [0.25, 0.3) is 0 Å². The molecule has 2 N–H and O–H groups in total. The predicted octanol–water partition coefficient (Wildman–Crippen LogP) is 2.04. The number of nitrogens with one attached hydrogen (secondary N) is 1. The summed E-state index contributed by atoms with van der Waals surface area (Å²) in [6.07, 6.45) is 3.74. The SMILES string of the molecule is CC(C)CCCC(C)NC(=O)[C@@H]1C[C@@H]1C(=O)O. The lowest BCUT2D eigenvalue weighted by Gasteiger charge is -2.14. The smallest absolute Gasteiger partial charge is 0.307 e. The topological polar surface area (TPSA) is 66.4 Å². The van der Waals surface area contributed by atoms with Gasteiger partial charge in [-0.25, -0.2) is 0 Å². The van der Waals surface area contributed by atoms with Gasteiger partial charge < -0.3 is 10.4 Å². The van der Waals surface area contributed by atoms with Gasteiger partial charge in [-0.15, -0.1) is 0 Å². The Morgan fingerprint density at radius 2 is 1.88 bits per heavy atom. The molecule has 1 rings (SSSR count). The summed E-state index contributed by atoms with van der Waals surface area (Å²) in [5.74, 6) is -0.984. The maximum atomic E-state index is 11.7. The van der Waals surface area contributed by atoms with E-state index in [-0.39, 0.29) is 17.9 Å². The maximum absolute atomic E-state index is 11.7. The molecule has 1 fully saturated rings. The molecule has 0 aromatic heterocycles. The average Bonchev–Trinajstić information content (AvgIpc) is 2.95. The Morgan fingerprint density at radius 3 is 2.35 bits per heavy atom. The number of carboxylic acids is 1. The fourth-order valence-corrected chi connectivity index (χ4v) is 2.01. The van der Waals surface area contributed by atoms with Gasteiger partial charge in [0.2, 0.25) is 5.91 Å². The van der Waals surface area contributed by atoms with Crippen molar-refractivity contribution in [2.75, 3.05) is 0 Å². The van der Waals surface area contributed by atoms with Crippen LogP contribution in [-0.4, -0.2) is 23.0 Å². The zero-order chi connectivity index (χ0) is 13.0. The third-order valence-corrected chi connectivity index (χ3v) is 3.25. The fraction of sp³-hybridized carbons (Fsp3) is 0.846. The monoisotopic (exact) mass is 241 g/mol. The van der Waals surface area contributed by atoms with E-state index in [0.717, 1.165) is 12.8 Å². The highest BCUT2D eigenvalue weighted by Gasteiger charge is 2.48. The van der Waals surface area contributed by atoms with E-state index in [1.54, 1.807) is 0 Å². The minimum atomic E-state index is -0.849. The predicted molar refractivity (Wildman–Crippen MR) is 65.5 cm³/mol. The molecule has 1 unspecified atom stereocenters. The van der Waals surface area contributed by atoms with Gasteiger partial charge in [-0.1, -0.05) is 26.7 Å². The first-order valence-electron chi connectivity index (χ1n) is 6.45. The van der Waals surface area contributed by atoms with E-state index in [0.29, 0.717) is 12.3 Å². The number of amides is 1. The zero-order valence-electron chi connectivity index (χ0n) is 10.9. The summed E-state index contributed by atoms with van der Waals surface area (Å²) < 4.78 is 0. The first-order valence-corrected chi connectivity index (χ1v) is 6.45. The molecule has 0 heterocycles. The highest BCUT2D eigenvalue weighted by molar-refractivity contribution is 5.89. The number of rotatable bonds is 7. The molecule has 0 bridgehead atoms. The lowest BCUT2D eigenvalue weighted by Crippen LogP contribution is -2.34. The van der Waals surface area contributed by atoms with Gasteiger partial charge in [0.05, 0.1) is 11.8 Å². The van der Waals surface area contributed by atoms with E-state index < -0.39 is 11.9 Å². The van der Waals surface area contributed by atoms with Crippen molar-refractivity contribution in [3.8, 4) is 0 Å². The molecular formula is C13H23NO3. The van der Waals surface area contributed by atoms with Crippen molar-refractivity contribution in [3.05, 3.63) is 0 Å². The molecule has 0 spiro atoms. The second-order valence-electron chi connectivity index (χ2n) is 5.52. The first kappa shape index (κ1) is 14.0. The van der Waals surface area contributed by atoms with Crippen LogP contribution in [0.4, 0.5) is 0 Å². The molecule has 0 aromatic rings. The Morgan fingerprint density at radius 1 is 1.24 bits per heavy atom. The van der Waals surface area contributed by atoms with Crippen LogP contribution >= 0.6 is 0 Å². The zero-order valence-corrected chi connectivity index (χ0v) is 10.9. The van der Waals surface area contributed by atoms with Gasteiger partial charge in [0, 0.05) is 6.04 Å². The highest BCUT2D eigenvalue weighted by atomic mass is 16.4. The van der Waals surface area contributed by atoms with Gasteiger partial charge in [0.25, 0.3) is 0 Å². The highest BCUT2D eigenvalue weighted by Crippen LogP contribution is 2.38. The Hall–Kier alpha value is -1.06. The minimum Gasteiger partial charge on any atom is -0.481 e. The Labute approximate surface area is 103 Å². The molecule has 0 saturated heterocycles. The van der Waals surface area contributed by atoms with E-state index >= 15 is 0 Å². The summed E-state index contributed by atoms with van der Waals surface area (Å²) >= 11 is 0. The summed E-state index contributed by atoms with van der Waals surface area (Å²) in [6, 6.07) is 0.149. The number of carbonyl (C=O) groups is 2. The Bertz CT molecular complexity index is 288. The molecular weight excluding hydrogens is 218 g/mol. The number of hydrogen-bond donors (Lipinski definition) is 2. The van der Waals surface area contributed by atoms with E-state index in [4.69, 9.17) is 5.11 Å². The standard InChI is InChI=1S/C13H23NO3/c1-8(2)5-4-6-9(3)14-12(15)10-7-11(10)13(16)17/h8-11H,4-7H2,1-3H3,(H,14,15)(H,16,17)/t9?,10-,11+/m1/s1. The lowest BCUT2D eigenvalue weighted by atomic mass is 10.0. The molecule has 1 saturated carbocycles. The van der Waals surface area contributed by atoms with Crippen LogP contribution in [0.5, 0.6) is 0 Å². The van der Waals surface area contributed by atoms with Gasteiger partial charge in [0.1, 0.15) is 0 Å². The summed E-state index contributed by atoms with van der Waals surface area (Å²) in [4.78, 5) is 22.3. The van der Waals surface area contributed by atoms with Crippen LogP contribution in [0.3, 0.4) is 0 Å². The van der Waals surface area contributed by atoms with Crippen LogP contribution in [0.1, 0.15) is 46.5 Å². The van der Waals surface area contributed by atoms with Crippen molar-refractivity contribution in [2.24, 2.45) is 17.8 Å². The van der Waals surface area contributed by atoms with Crippen molar-refractivity contribution in [1.82, 2.24) is 5.32 Å². The molecule has 98 valence electrons. The third-order valence-electron chi connectivity index (χ3n) is 3.25. The lowest BCUT2D eigenvalue weighted by molar-refractivity contribution is -0.140. The van der Waals surface area contributed by atoms with Crippen LogP contribution in [0, 0.1) is 17.8 Å². The van der Waals surface area contributed by atoms with Crippen molar-refractivity contribution >= 4 is 11.9 Å². The summed E-state index contributed by atoms with van der Waals surface area (Å²) in [6.45, 7) is 6.35. The van der Waals surface area contributed by atoms with Crippen LogP contribution < -0.4 is 5.32 Å². The van der Waals surface area contributed by atoms with E-state index in [1.807, 2.05) is 6.92 Å². The summed E-state index contributed by atoms with van der Waals surface area (Å²) in [7, 11) is 0. The van der Waals surface area contributed by atoms with Gasteiger partial charge in [-0.2, -0.15) is 0 Å². The van der Waals surface area contributed by atoms with Crippen LogP contribution in [0.15, 0.2) is 0 Å². The van der Waals surface area contributed by atoms with Gasteiger partial charge in [-0.05, 0) is 25.7 Å². The molecule has 4 nitrogen and oxygen atoms in total.